The van der Waals surface area contributed by atoms with Crippen molar-refractivity contribution in [2.75, 3.05) is 13.7 Å². The zero-order chi connectivity index (χ0) is 12.5. The van der Waals surface area contributed by atoms with Crippen LogP contribution in [-0.4, -0.2) is 24.7 Å². The Bertz CT molecular complexity index is 606. The van der Waals surface area contributed by atoms with Gasteiger partial charge in [0.1, 0.15) is 4.88 Å². The third-order valence-electron chi connectivity index (χ3n) is 2.84. The van der Waals surface area contributed by atoms with Gasteiger partial charge in [-0.3, -0.25) is 4.98 Å². The van der Waals surface area contributed by atoms with Gasteiger partial charge in [0.25, 0.3) is 0 Å². The first-order valence-corrected chi connectivity index (χ1v) is 6.40. The first-order chi connectivity index (χ1) is 8.79. The molecule has 0 fully saturated rings. The van der Waals surface area contributed by atoms with Gasteiger partial charge >= 0.3 is 5.97 Å². The van der Waals surface area contributed by atoms with Gasteiger partial charge in [0.05, 0.1) is 25.0 Å². The second kappa shape index (κ2) is 4.42. The summed E-state index contributed by atoms with van der Waals surface area (Å²) in [5.74, 6) is -0.339. The average molecular weight is 261 g/mol. The van der Waals surface area contributed by atoms with Crippen LogP contribution in [0.2, 0.25) is 0 Å². The van der Waals surface area contributed by atoms with Crippen LogP contribution in [0, 0.1) is 0 Å². The molecule has 0 spiro atoms. The van der Waals surface area contributed by atoms with E-state index in [1.807, 2.05) is 12.1 Å². The van der Waals surface area contributed by atoms with E-state index in [0.29, 0.717) is 11.5 Å². The van der Waals surface area contributed by atoms with Gasteiger partial charge in [-0.2, -0.15) is 0 Å². The molecule has 2 aromatic rings. The molecule has 0 atom stereocenters. The van der Waals surface area contributed by atoms with Crippen molar-refractivity contribution in [1.82, 2.24) is 4.98 Å². The molecule has 1 aliphatic heterocycles. The molecule has 0 unspecified atom stereocenters. The first-order valence-electron chi connectivity index (χ1n) is 5.59. The molecule has 3 rings (SSSR count). The number of carbonyl (C=O) groups is 1. The van der Waals surface area contributed by atoms with Gasteiger partial charge in [0.15, 0.2) is 5.06 Å². The molecule has 2 aromatic heterocycles. The van der Waals surface area contributed by atoms with Crippen molar-refractivity contribution < 1.29 is 14.3 Å². The summed E-state index contributed by atoms with van der Waals surface area (Å²) in [6.45, 7) is 0.604. The smallest absolute Gasteiger partial charge is 0.348 e. The maximum atomic E-state index is 11.5. The van der Waals surface area contributed by atoms with Crippen LogP contribution >= 0.6 is 11.3 Å². The Balaban J connectivity index is 2.15. The van der Waals surface area contributed by atoms with Gasteiger partial charge < -0.3 is 9.47 Å². The van der Waals surface area contributed by atoms with E-state index in [9.17, 15) is 4.79 Å². The van der Waals surface area contributed by atoms with Crippen molar-refractivity contribution in [3.05, 3.63) is 34.8 Å². The molecule has 0 radical (unpaired) electrons. The molecular weight excluding hydrogens is 250 g/mol. The first kappa shape index (κ1) is 11.2. The minimum absolute atomic E-state index is 0.339. The standard InChI is InChI=1S/C13H11NO3S/c1-16-12(15)10-7-9-11-8(3-2-5-14-11)4-6-17-13(9)18-10/h2-3,5,7H,4,6H2,1H3. The van der Waals surface area contributed by atoms with E-state index in [1.54, 1.807) is 12.3 Å². The Morgan fingerprint density at radius 3 is 3.28 bits per heavy atom. The molecule has 0 saturated carbocycles. The summed E-state index contributed by atoms with van der Waals surface area (Å²) in [7, 11) is 1.38. The van der Waals surface area contributed by atoms with Gasteiger partial charge in [0, 0.05) is 12.6 Å². The molecule has 18 heavy (non-hydrogen) atoms. The van der Waals surface area contributed by atoms with Gasteiger partial charge in [-0.25, -0.2) is 4.79 Å². The van der Waals surface area contributed by atoms with E-state index in [-0.39, 0.29) is 5.97 Å². The topological polar surface area (TPSA) is 48.4 Å². The lowest BCUT2D eigenvalue weighted by Gasteiger charge is -2.01. The molecule has 4 nitrogen and oxygen atoms in total. The number of hydrogen-bond donors (Lipinski definition) is 0. The van der Waals surface area contributed by atoms with Gasteiger partial charge in [0.2, 0.25) is 0 Å². The van der Waals surface area contributed by atoms with E-state index in [0.717, 1.165) is 28.3 Å². The Morgan fingerprint density at radius 2 is 2.44 bits per heavy atom. The lowest BCUT2D eigenvalue weighted by Crippen LogP contribution is -1.99. The number of aromatic nitrogens is 1. The maximum Gasteiger partial charge on any atom is 0.348 e. The van der Waals surface area contributed by atoms with Crippen molar-refractivity contribution >= 4 is 17.3 Å². The molecule has 0 saturated heterocycles. The summed E-state index contributed by atoms with van der Waals surface area (Å²) in [4.78, 5) is 16.5. The summed E-state index contributed by atoms with van der Waals surface area (Å²) in [5, 5.41) is 0.743. The minimum Gasteiger partial charge on any atom is -0.483 e. The zero-order valence-electron chi connectivity index (χ0n) is 9.80. The van der Waals surface area contributed by atoms with Crippen LogP contribution in [0.4, 0.5) is 0 Å². The molecule has 0 aliphatic carbocycles. The number of pyridine rings is 1. The third kappa shape index (κ3) is 1.76. The van der Waals surface area contributed by atoms with Crippen LogP contribution in [0.25, 0.3) is 11.3 Å². The second-order valence-corrected chi connectivity index (χ2v) is 4.93. The van der Waals surface area contributed by atoms with Crippen LogP contribution < -0.4 is 4.74 Å². The van der Waals surface area contributed by atoms with Crippen LogP contribution in [0.5, 0.6) is 5.06 Å². The highest BCUT2D eigenvalue weighted by Crippen LogP contribution is 2.40. The number of esters is 1. The van der Waals surface area contributed by atoms with Gasteiger partial charge in [-0.1, -0.05) is 17.4 Å². The maximum absolute atomic E-state index is 11.5. The van der Waals surface area contributed by atoms with E-state index in [4.69, 9.17) is 9.47 Å². The summed E-state index contributed by atoms with van der Waals surface area (Å²) < 4.78 is 10.4. The lowest BCUT2D eigenvalue weighted by atomic mass is 10.1. The quantitative estimate of drug-likeness (QED) is 0.740. The predicted molar refractivity (Wildman–Crippen MR) is 68.1 cm³/mol. The fraction of sp³-hybridized carbons (Fsp3) is 0.231. The summed E-state index contributed by atoms with van der Waals surface area (Å²) in [6.07, 6.45) is 2.58. The number of rotatable bonds is 1. The van der Waals surface area contributed by atoms with Crippen LogP contribution in [0.15, 0.2) is 24.4 Å². The number of fused-ring (bicyclic) bond motifs is 3. The largest absolute Gasteiger partial charge is 0.483 e. The Hall–Kier alpha value is -1.88. The van der Waals surface area contributed by atoms with E-state index in [1.165, 1.54) is 18.4 Å². The Labute approximate surface area is 108 Å². The molecule has 0 N–H and O–H groups in total. The SMILES string of the molecule is COC(=O)c1cc2c(s1)OCCc1cccnc1-2. The molecule has 1 aliphatic rings. The third-order valence-corrected chi connectivity index (χ3v) is 3.86. The fourth-order valence-electron chi connectivity index (χ4n) is 1.98. The van der Waals surface area contributed by atoms with Crippen molar-refractivity contribution in [3.8, 4) is 16.3 Å². The highest BCUT2D eigenvalue weighted by Gasteiger charge is 2.22. The molecule has 5 heteroatoms. The monoisotopic (exact) mass is 261 g/mol. The highest BCUT2D eigenvalue weighted by molar-refractivity contribution is 7.16. The van der Waals surface area contributed by atoms with E-state index < -0.39 is 0 Å². The Morgan fingerprint density at radius 1 is 1.56 bits per heavy atom. The summed E-state index contributed by atoms with van der Waals surface area (Å²) >= 11 is 1.31. The van der Waals surface area contributed by atoms with Crippen molar-refractivity contribution in [3.63, 3.8) is 0 Å². The van der Waals surface area contributed by atoms with E-state index >= 15 is 0 Å². The van der Waals surface area contributed by atoms with Gasteiger partial charge in [-0.15, -0.1) is 0 Å². The van der Waals surface area contributed by atoms with Crippen molar-refractivity contribution in [2.24, 2.45) is 0 Å². The molecule has 92 valence electrons. The number of carbonyl (C=O) groups excluding carboxylic acids is 1. The van der Waals surface area contributed by atoms with Crippen molar-refractivity contribution in [1.29, 1.82) is 0 Å². The molecular formula is C13H11NO3S. The molecule has 0 aromatic carbocycles. The van der Waals surface area contributed by atoms with E-state index in [2.05, 4.69) is 4.98 Å². The molecule has 0 amide bonds. The number of hydrogen-bond acceptors (Lipinski definition) is 5. The second-order valence-electron chi connectivity index (χ2n) is 3.91. The molecule has 0 bridgehead atoms. The normalized spacial score (nSPS) is 12.9. The average Bonchev–Trinajstić information content (AvgIpc) is 2.75. The number of nitrogens with zero attached hydrogens (tertiary/aromatic N) is 1. The van der Waals surface area contributed by atoms with Crippen molar-refractivity contribution in [2.45, 2.75) is 6.42 Å². The zero-order valence-corrected chi connectivity index (χ0v) is 10.6. The summed E-state index contributed by atoms with van der Waals surface area (Å²) in [6, 6.07) is 5.75. The lowest BCUT2D eigenvalue weighted by molar-refractivity contribution is 0.0606. The number of thiophene rings is 1. The minimum atomic E-state index is -0.339. The Kier molecular flexibility index (Phi) is 2.76. The van der Waals surface area contributed by atoms with Crippen LogP contribution in [0.1, 0.15) is 15.2 Å². The van der Waals surface area contributed by atoms with Crippen LogP contribution in [0.3, 0.4) is 0 Å². The summed E-state index contributed by atoms with van der Waals surface area (Å²) in [5.41, 5.74) is 2.93. The highest BCUT2D eigenvalue weighted by atomic mass is 32.1. The number of methoxy groups -OCH3 is 1. The number of ether oxygens (including phenoxy) is 2. The molecule has 3 heterocycles. The fourth-order valence-corrected chi connectivity index (χ4v) is 2.94. The van der Waals surface area contributed by atoms with Crippen LogP contribution in [-0.2, 0) is 11.2 Å². The predicted octanol–water partition coefficient (Wildman–Crippen LogP) is 2.53. The van der Waals surface area contributed by atoms with Gasteiger partial charge in [-0.05, 0) is 17.7 Å².